The number of unbranched alkanes of at least 4 members (excludes halogenated alkanes) is 33. The minimum Gasteiger partial charge on any atom is -0.756 e. The van der Waals surface area contributed by atoms with Crippen LogP contribution in [0.2, 0.25) is 0 Å². The molecular weight excluding hydrogens is 768 g/mol. The van der Waals surface area contributed by atoms with Crippen molar-refractivity contribution in [3.05, 3.63) is 12.2 Å². The van der Waals surface area contributed by atoms with Gasteiger partial charge in [0, 0.05) is 6.42 Å². The summed E-state index contributed by atoms with van der Waals surface area (Å²) < 4.78 is 23.4. The van der Waals surface area contributed by atoms with E-state index in [4.69, 9.17) is 9.05 Å². The molecule has 0 aromatic heterocycles. The fraction of sp³-hybridized carbons (Fsp3) is 0.941. The Bertz CT molecular complexity index is 989. The summed E-state index contributed by atoms with van der Waals surface area (Å²) >= 11 is 0. The largest absolute Gasteiger partial charge is 0.756 e. The molecule has 0 saturated heterocycles. The van der Waals surface area contributed by atoms with E-state index in [0.29, 0.717) is 23.9 Å². The summed E-state index contributed by atoms with van der Waals surface area (Å²) in [5.74, 6) is -0.163. The summed E-state index contributed by atoms with van der Waals surface area (Å²) in [5.41, 5.74) is 0. The lowest BCUT2D eigenvalue weighted by Crippen LogP contribution is -2.46. The molecule has 0 aromatic carbocycles. The number of carbonyl (C=O) groups is 1. The summed E-state index contributed by atoms with van der Waals surface area (Å²) in [7, 11) is 1.31. The molecule has 60 heavy (non-hydrogen) atoms. The number of quaternary nitrogens is 1. The molecule has 0 spiro atoms. The van der Waals surface area contributed by atoms with Crippen molar-refractivity contribution in [1.82, 2.24) is 5.32 Å². The highest BCUT2D eigenvalue weighted by Crippen LogP contribution is 2.38. The van der Waals surface area contributed by atoms with E-state index in [9.17, 15) is 19.4 Å². The van der Waals surface area contributed by atoms with E-state index in [2.05, 4.69) is 31.3 Å². The zero-order chi connectivity index (χ0) is 44.3. The zero-order valence-electron chi connectivity index (χ0n) is 40.7. The number of hydrogen-bond acceptors (Lipinski definition) is 6. The summed E-state index contributed by atoms with van der Waals surface area (Å²) in [5, 5.41) is 14.0. The van der Waals surface area contributed by atoms with Gasteiger partial charge in [-0.25, -0.2) is 0 Å². The molecule has 0 heterocycles. The van der Waals surface area contributed by atoms with E-state index in [-0.39, 0.29) is 19.1 Å². The van der Waals surface area contributed by atoms with Gasteiger partial charge in [-0.2, -0.15) is 0 Å². The Morgan fingerprint density at radius 2 is 0.917 bits per heavy atom. The van der Waals surface area contributed by atoms with Crippen LogP contribution in [0, 0.1) is 0 Å². The second kappa shape index (κ2) is 43.5. The first kappa shape index (κ1) is 59.2. The molecule has 2 N–H and O–H groups in total. The molecule has 0 saturated carbocycles. The van der Waals surface area contributed by atoms with Gasteiger partial charge in [0.2, 0.25) is 5.91 Å². The van der Waals surface area contributed by atoms with Gasteiger partial charge in [-0.1, -0.05) is 225 Å². The van der Waals surface area contributed by atoms with Crippen molar-refractivity contribution in [2.75, 3.05) is 40.9 Å². The number of carbonyl (C=O) groups excluding carboxylic acids is 1. The number of rotatable bonds is 48. The molecular formula is C51H103N2O6P. The highest BCUT2D eigenvalue weighted by atomic mass is 31.2. The molecule has 0 rings (SSSR count). The second-order valence-corrected chi connectivity index (χ2v) is 20.6. The first-order valence-corrected chi connectivity index (χ1v) is 27.5. The van der Waals surface area contributed by atoms with Crippen molar-refractivity contribution in [3.8, 4) is 0 Å². The van der Waals surface area contributed by atoms with Gasteiger partial charge in [-0.15, -0.1) is 0 Å². The van der Waals surface area contributed by atoms with Gasteiger partial charge < -0.3 is 28.8 Å². The standard InChI is InChI=1S/C51H103N2O6P/c1-6-8-10-12-14-16-18-20-22-24-25-26-27-29-31-33-35-37-39-41-43-45-51(55)52-49(48-59-60(56,57)58-47-46-53(3,4)5)50(54)44-42-40-38-36-34-32-30-28-23-21-19-17-15-13-11-9-7-2/h24-25,49-50,54H,6-23,26-48H2,1-5H3,(H-,52,55,56,57)/b25-24-. The van der Waals surface area contributed by atoms with Crippen LogP contribution in [-0.4, -0.2) is 68.5 Å². The molecule has 0 fully saturated rings. The molecule has 3 unspecified atom stereocenters. The van der Waals surface area contributed by atoms with Crippen molar-refractivity contribution in [1.29, 1.82) is 0 Å². The van der Waals surface area contributed by atoms with Gasteiger partial charge in [0.25, 0.3) is 7.82 Å². The Kier molecular flexibility index (Phi) is 42.9. The van der Waals surface area contributed by atoms with Crippen LogP contribution in [-0.2, 0) is 18.4 Å². The van der Waals surface area contributed by atoms with Crippen molar-refractivity contribution in [2.45, 2.75) is 270 Å². The van der Waals surface area contributed by atoms with Gasteiger partial charge in [0.15, 0.2) is 0 Å². The van der Waals surface area contributed by atoms with Crippen molar-refractivity contribution < 1.29 is 32.9 Å². The van der Waals surface area contributed by atoms with Gasteiger partial charge in [-0.05, 0) is 38.5 Å². The predicted octanol–water partition coefficient (Wildman–Crippen LogP) is 14.5. The van der Waals surface area contributed by atoms with Crippen LogP contribution in [0.15, 0.2) is 12.2 Å². The number of nitrogens with zero attached hydrogens (tertiary/aromatic N) is 1. The Hall–Kier alpha value is -0.760. The number of hydrogen-bond donors (Lipinski definition) is 2. The van der Waals surface area contributed by atoms with Gasteiger partial charge in [0.1, 0.15) is 13.2 Å². The number of aliphatic hydroxyl groups excluding tert-OH is 1. The van der Waals surface area contributed by atoms with E-state index >= 15 is 0 Å². The van der Waals surface area contributed by atoms with Crippen molar-refractivity contribution in [2.24, 2.45) is 0 Å². The maximum absolute atomic E-state index is 12.9. The zero-order valence-corrected chi connectivity index (χ0v) is 41.6. The van der Waals surface area contributed by atoms with E-state index in [1.807, 2.05) is 21.1 Å². The monoisotopic (exact) mass is 871 g/mol. The Morgan fingerprint density at radius 1 is 0.567 bits per heavy atom. The molecule has 358 valence electrons. The van der Waals surface area contributed by atoms with Crippen LogP contribution in [0.3, 0.4) is 0 Å². The second-order valence-electron chi connectivity index (χ2n) is 19.2. The number of phosphoric ester groups is 1. The molecule has 1 amide bonds. The Morgan fingerprint density at radius 3 is 1.30 bits per heavy atom. The quantitative estimate of drug-likeness (QED) is 0.0273. The van der Waals surface area contributed by atoms with Crippen LogP contribution in [0.25, 0.3) is 0 Å². The van der Waals surface area contributed by atoms with E-state index < -0.39 is 20.0 Å². The van der Waals surface area contributed by atoms with E-state index in [1.165, 1.54) is 193 Å². The highest BCUT2D eigenvalue weighted by Gasteiger charge is 2.24. The molecule has 0 aromatic rings. The lowest BCUT2D eigenvalue weighted by atomic mass is 10.0. The SMILES string of the molecule is CCCCCCCCCC/C=C\CCCCCCCCCCCC(=O)NC(COP(=O)([O-])OCC[N+](C)(C)C)C(O)CCCCCCCCCCCCCCCCCCC. The fourth-order valence-electron chi connectivity index (χ4n) is 7.86. The Balaban J connectivity index is 4.23. The predicted molar refractivity (Wildman–Crippen MR) is 256 cm³/mol. The number of phosphoric acid groups is 1. The average Bonchev–Trinajstić information content (AvgIpc) is 3.20. The molecule has 0 radical (unpaired) electrons. The third-order valence-corrected chi connectivity index (χ3v) is 13.0. The lowest BCUT2D eigenvalue weighted by molar-refractivity contribution is -0.870. The minimum atomic E-state index is -4.57. The topological polar surface area (TPSA) is 108 Å². The average molecular weight is 871 g/mol. The minimum absolute atomic E-state index is 0.0141. The molecule has 8 nitrogen and oxygen atoms in total. The molecule has 0 aliphatic rings. The first-order chi connectivity index (χ1) is 29.0. The number of allylic oxidation sites excluding steroid dienone is 2. The van der Waals surface area contributed by atoms with Crippen molar-refractivity contribution in [3.63, 3.8) is 0 Å². The molecule has 3 atom stereocenters. The maximum atomic E-state index is 12.9. The summed E-state index contributed by atoms with van der Waals surface area (Å²) in [6.45, 7) is 4.75. The van der Waals surface area contributed by atoms with Crippen molar-refractivity contribution >= 4 is 13.7 Å². The molecule has 0 aliphatic heterocycles. The molecule has 0 bridgehead atoms. The number of likely N-dealkylation sites (N-methyl/N-ethyl adjacent to an activating group) is 1. The van der Waals surface area contributed by atoms with Crippen LogP contribution in [0.1, 0.15) is 258 Å². The summed E-state index contributed by atoms with van der Waals surface area (Å²) in [6.07, 6.45) is 50.8. The fourth-order valence-corrected chi connectivity index (χ4v) is 8.58. The maximum Gasteiger partial charge on any atom is 0.268 e. The number of aliphatic hydroxyl groups is 1. The van der Waals surface area contributed by atoms with Crippen LogP contribution in [0.5, 0.6) is 0 Å². The van der Waals surface area contributed by atoms with E-state index in [0.717, 1.165) is 38.5 Å². The van der Waals surface area contributed by atoms with Crippen LogP contribution in [0.4, 0.5) is 0 Å². The third kappa shape index (κ3) is 45.3. The summed E-state index contributed by atoms with van der Waals surface area (Å²) in [4.78, 5) is 25.4. The Labute approximate surface area is 373 Å². The lowest BCUT2D eigenvalue weighted by Gasteiger charge is -2.30. The van der Waals surface area contributed by atoms with Crippen LogP contribution >= 0.6 is 7.82 Å². The highest BCUT2D eigenvalue weighted by molar-refractivity contribution is 7.45. The normalized spacial score (nSPS) is 14.2. The third-order valence-electron chi connectivity index (χ3n) is 12.0. The number of amides is 1. The van der Waals surface area contributed by atoms with Gasteiger partial charge in [-0.3, -0.25) is 9.36 Å². The smallest absolute Gasteiger partial charge is 0.268 e. The van der Waals surface area contributed by atoms with Crippen LogP contribution < -0.4 is 10.2 Å². The first-order valence-electron chi connectivity index (χ1n) is 26.0. The number of nitrogens with one attached hydrogen (secondary N) is 1. The van der Waals surface area contributed by atoms with Gasteiger partial charge in [0.05, 0.1) is 39.9 Å². The van der Waals surface area contributed by atoms with E-state index in [1.54, 1.807) is 0 Å². The summed E-state index contributed by atoms with van der Waals surface area (Å²) in [6, 6.07) is -0.798. The molecule has 0 aliphatic carbocycles. The molecule has 9 heteroatoms. The van der Waals surface area contributed by atoms with Gasteiger partial charge >= 0.3 is 0 Å².